The van der Waals surface area contributed by atoms with E-state index < -0.39 is 0 Å². The van der Waals surface area contributed by atoms with Crippen LogP contribution in [-0.4, -0.2) is 9.91 Å². The van der Waals surface area contributed by atoms with Gasteiger partial charge in [0, 0.05) is 41.4 Å². The molecule has 118 valence electrons. The smallest absolute Gasteiger partial charge is 0.270 e. The fourth-order valence-electron chi connectivity index (χ4n) is 2.94. The molecule has 4 aromatic rings. The van der Waals surface area contributed by atoms with Crippen molar-refractivity contribution in [2.24, 2.45) is 0 Å². The topological polar surface area (TPSA) is 72.1 Å². The first kappa shape index (κ1) is 14.3. The first-order valence-corrected chi connectivity index (χ1v) is 7.58. The Bertz CT molecular complexity index is 1020. The average Bonchev–Trinajstić information content (AvgIpc) is 3.25. The Morgan fingerprint density at radius 1 is 1.08 bits per heavy atom. The number of benzene rings is 2. The average molecular weight is 318 g/mol. The summed E-state index contributed by atoms with van der Waals surface area (Å²) in [5, 5.41) is 12.0. The molecule has 0 aliphatic heterocycles. The highest BCUT2D eigenvalue weighted by atomic mass is 16.6. The van der Waals surface area contributed by atoms with Gasteiger partial charge in [0.2, 0.25) is 0 Å². The minimum atomic E-state index is -0.383. The molecular weight excluding hydrogens is 304 g/mol. The molecule has 0 aliphatic rings. The third-order valence-corrected chi connectivity index (χ3v) is 4.04. The lowest BCUT2D eigenvalue weighted by Crippen LogP contribution is -1.91. The van der Waals surface area contributed by atoms with Crippen LogP contribution in [0.1, 0.15) is 11.3 Å². The molecule has 0 bridgehead atoms. The van der Waals surface area contributed by atoms with Gasteiger partial charge in [-0.3, -0.25) is 10.1 Å². The van der Waals surface area contributed by atoms with E-state index in [1.807, 2.05) is 36.5 Å². The number of fused-ring (bicyclic) bond motifs is 1. The van der Waals surface area contributed by atoms with Crippen molar-refractivity contribution in [1.82, 2.24) is 4.98 Å². The molecule has 4 rings (SSSR count). The van der Waals surface area contributed by atoms with Crippen molar-refractivity contribution in [2.75, 3.05) is 0 Å². The number of non-ortho nitro benzene ring substituents is 1. The third-order valence-electron chi connectivity index (χ3n) is 4.04. The molecule has 5 nitrogen and oxygen atoms in total. The maximum atomic E-state index is 11.1. The highest BCUT2D eigenvalue weighted by molar-refractivity contribution is 5.93. The third kappa shape index (κ3) is 2.56. The first-order valence-electron chi connectivity index (χ1n) is 7.58. The quantitative estimate of drug-likeness (QED) is 0.428. The molecule has 0 spiro atoms. The lowest BCUT2D eigenvalue weighted by atomic mass is 9.98. The normalized spacial score (nSPS) is 11.0. The van der Waals surface area contributed by atoms with E-state index in [9.17, 15) is 10.1 Å². The van der Waals surface area contributed by atoms with E-state index in [-0.39, 0.29) is 10.6 Å². The van der Waals surface area contributed by atoms with Crippen molar-refractivity contribution in [3.8, 4) is 11.1 Å². The Labute approximate surface area is 137 Å². The highest BCUT2D eigenvalue weighted by Crippen LogP contribution is 2.33. The number of rotatable bonds is 4. The van der Waals surface area contributed by atoms with Crippen molar-refractivity contribution in [3.05, 3.63) is 88.4 Å². The molecule has 2 heterocycles. The zero-order valence-electron chi connectivity index (χ0n) is 12.7. The molecule has 0 amide bonds. The van der Waals surface area contributed by atoms with Gasteiger partial charge in [-0.15, -0.1) is 0 Å². The van der Waals surface area contributed by atoms with Gasteiger partial charge in [-0.1, -0.05) is 12.1 Å². The molecule has 5 heteroatoms. The summed E-state index contributed by atoms with van der Waals surface area (Å²) in [4.78, 5) is 13.9. The predicted molar refractivity (Wildman–Crippen MR) is 91.9 cm³/mol. The van der Waals surface area contributed by atoms with E-state index >= 15 is 0 Å². The standard InChI is InChI=1S/C19H14N2O3/c22-21(23)17-5-1-3-14(12-17)18-11-13(10-16-4-2-7-20-16)9-15-6-8-24-19(15)18/h1-9,11-12,20H,10H2. The number of nitro benzene ring substituents is 1. The lowest BCUT2D eigenvalue weighted by Gasteiger charge is -2.07. The van der Waals surface area contributed by atoms with Gasteiger partial charge in [-0.2, -0.15) is 0 Å². The van der Waals surface area contributed by atoms with Crippen LogP contribution in [0.15, 0.2) is 71.5 Å². The molecule has 1 N–H and O–H groups in total. The molecule has 0 saturated carbocycles. The monoisotopic (exact) mass is 318 g/mol. The maximum Gasteiger partial charge on any atom is 0.270 e. The Kier molecular flexibility index (Phi) is 3.39. The number of hydrogen-bond acceptors (Lipinski definition) is 3. The minimum absolute atomic E-state index is 0.0713. The summed E-state index contributed by atoms with van der Waals surface area (Å²) in [5.74, 6) is 0. The largest absolute Gasteiger partial charge is 0.464 e. The van der Waals surface area contributed by atoms with E-state index in [2.05, 4.69) is 11.1 Å². The van der Waals surface area contributed by atoms with Crippen LogP contribution >= 0.6 is 0 Å². The Balaban J connectivity index is 1.86. The van der Waals surface area contributed by atoms with Crippen molar-refractivity contribution in [3.63, 3.8) is 0 Å². The molecular formula is C19H14N2O3. The van der Waals surface area contributed by atoms with Crippen LogP contribution in [0.2, 0.25) is 0 Å². The molecule has 2 aromatic heterocycles. The molecule has 2 aromatic carbocycles. The van der Waals surface area contributed by atoms with Crippen LogP contribution < -0.4 is 0 Å². The van der Waals surface area contributed by atoms with E-state index in [1.54, 1.807) is 18.4 Å². The van der Waals surface area contributed by atoms with E-state index in [1.165, 1.54) is 6.07 Å². The van der Waals surface area contributed by atoms with Crippen molar-refractivity contribution >= 4 is 16.7 Å². The predicted octanol–water partition coefficient (Wildman–Crippen LogP) is 4.93. The van der Waals surface area contributed by atoms with Crippen LogP contribution in [0.3, 0.4) is 0 Å². The van der Waals surface area contributed by atoms with E-state index in [0.29, 0.717) is 0 Å². The number of nitrogens with one attached hydrogen (secondary N) is 1. The number of nitro groups is 1. The highest BCUT2D eigenvalue weighted by Gasteiger charge is 2.13. The summed E-state index contributed by atoms with van der Waals surface area (Å²) in [6, 6.07) is 16.7. The van der Waals surface area contributed by atoms with Gasteiger partial charge < -0.3 is 9.40 Å². The Hall–Kier alpha value is -3.34. The van der Waals surface area contributed by atoms with Crippen molar-refractivity contribution in [1.29, 1.82) is 0 Å². The van der Waals surface area contributed by atoms with Crippen molar-refractivity contribution < 1.29 is 9.34 Å². The Morgan fingerprint density at radius 2 is 2.00 bits per heavy atom. The van der Waals surface area contributed by atoms with Gasteiger partial charge in [-0.25, -0.2) is 0 Å². The number of aromatic nitrogens is 1. The van der Waals surface area contributed by atoms with Crippen LogP contribution in [0.5, 0.6) is 0 Å². The van der Waals surface area contributed by atoms with Gasteiger partial charge in [0.1, 0.15) is 5.58 Å². The van der Waals surface area contributed by atoms with Crippen LogP contribution in [-0.2, 0) is 6.42 Å². The van der Waals surface area contributed by atoms with E-state index in [4.69, 9.17) is 4.42 Å². The summed E-state index contributed by atoms with van der Waals surface area (Å²) in [6.07, 6.45) is 4.30. The first-order chi connectivity index (χ1) is 11.7. The molecule has 24 heavy (non-hydrogen) atoms. The van der Waals surface area contributed by atoms with Crippen molar-refractivity contribution in [2.45, 2.75) is 6.42 Å². The van der Waals surface area contributed by atoms with Gasteiger partial charge >= 0.3 is 0 Å². The number of hydrogen-bond donors (Lipinski definition) is 1. The second-order valence-corrected chi connectivity index (χ2v) is 5.66. The van der Waals surface area contributed by atoms with Gasteiger partial charge in [0.05, 0.1) is 11.2 Å². The second kappa shape index (κ2) is 5.70. The summed E-state index contributed by atoms with van der Waals surface area (Å²) in [5.41, 5.74) is 4.68. The molecule has 0 atom stereocenters. The summed E-state index contributed by atoms with van der Waals surface area (Å²) >= 11 is 0. The van der Waals surface area contributed by atoms with Crippen LogP contribution in [0, 0.1) is 10.1 Å². The van der Waals surface area contributed by atoms with Gasteiger partial charge in [0.15, 0.2) is 0 Å². The number of furan rings is 1. The summed E-state index contributed by atoms with van der Waals surface area (Å²) < 4.78 is 5.62. The fourth-order valence-corrected chi connectivity index (χ4v) is 2.94. The second-order valence-electron chi connectivity index (χ2n) is 5.66. The molecule has 0 radical (unpaired) electrons. The molecule has 0 aliphatic carbocycles. The summed E-state index contributed by atoms with van der Waals surface area (Å²) in [7, 11) is 0. The lowest BCUT2D eigenvalue weighted by molar-refractivity contribution is -0.384. The Morgan fingerprint density at radius 3 is 2.79 bits per heavy atom. The zero-order valence-corrected chi connectivity index (χ0v) is 12.7. The number of nitrogens with zero attached hydrogens (tertiary/aromatic N) is 1. The molecule has 0 unspecified atom stereocenters. The molecule has 0 saturated heterocycles. The summed E-state index contributed by atoms with van der Waals surface area (Å²) in [6.45, 7) is 0. The van der Waals surface area contributed by atoms with Crippen LogP contribution in [0.4, 0.5) is 5.69 Å². The molecule has 0 fully saturated rings. The van der Waals surface area contributed by atoms with Gasteiger partial charge in [-0.05, 0) is 41.5 Å². The van der Waals surface area contributed by atoms with Crippen LogP contribution in [0.25, 0.3) is 22.1 Å². The van der Waals surface area contributed by atoms with Gasteiger partial charge in [0.25, 0.3) is 5.69 Å². The SMILES string of the molecule is O=[N+]([O-])c1cccc(-c2cc(Cc3ccc[nH]3)cc3ccoc23)c1. The number of H-pyrrole nitrogens is 1. The zero-order chi connectivity index (χ0) is 16.5. The fraction of sp³-hybridized carbons (Fsp3) is 0.0526. The maximum absolute atomic E-state index is 11.1. The number of aromatic amines is 1. The van der Waals surface area contributed by atoms with E-state index in [0.717, 1.165) is 39.8 Å². The minimum Gasteiger partial charge on any atom is -0.464 e.